The van der Waals surface area contributed by atoms with Gasteiger partial charge < -0.3 is 20.7 Å². The first-order valence-corrected chi connectivity index (χ1v) is 10.8. The third-order valence-electron chi connectivity index (χ3n) is 5.89. The predicted octanol–water partition coefficient (Wildman–Crippen LogP) is 3.95. The number of anilines is 2. The first-order chi connectivity index (χ1) is 16.1. The summed E-state index contributed by atoms with van der Waals surface area (Å²) >= 11 is 0. The van der Waals surface area contributed by atoms with Gasteiger partial charge in [-0.15, -0.1) is 0 Å². The minimum atomic E-state index is -0.282. The smallest absolute Gasteiger partial charge is 0.128 e. The van der Waals surface area contributed by atoms with E-state index in [9.17, 15) is 4.39 Å². The molecule has 0 unspecified atom stereocenters. The molecular weight excluding hydrogens is 419 g/mol. The van der Waals surface area contributed by atoms with Crippen LogP contribution in [0.5, 0.6) is 5.75 Å². The fourth-order valence-electron chi connectivity index (χ4n) is 4.16. The molecule has 2 aromatic carbocycles. The van der Waals surface area contributed by atoms with Crippen molar-refractivity contribution >= 4 is 11.5 Å². The van der Waals surface area contributed by atoms with Crippen LogP contribution in [-0.4, -0.2) is 48.5 Å². The third kappa shape index (κ3) is 4.25. The molecular formula is C25H25FN6O. The molecule has 0 spiro atoms. The van der Waals surface area contributed by atoms with Crippen molar-refractivity contribution in [3.8, 4) is 39.4 Å². The van der Waals surface area contributed by atoms with Crippen LogP contribution in [0.15, 0.2) is 60.8 Å². The van der Waals surface area contributed by atoms with Crippen molar-refractivity contribution in [2.45, 2.75) is 0 Å². The molecule has 5 rings (SSSR count). The van der Waals surface area contributed by atoms with E-state index in [2.05, 4.69) is 43.6 Å². The largest absolute Gasteiger partial charge is 0.496 e. The van der Waals surface area contributed by atoms with Crippen molar-refractivity contribution < 1.29 is 9.13 Å². The monoisotopic (exact) mass is 444 g/mol. The number of halogens is 1. The Hall–Kier alpha value is -3.91. The molecule has 0 atom stereocenters. The quantitative estimate of drug-likeness (QED) is 0.432. The maximum Gasteiger partial charge on any atom is 0.128 e. The number of H-pyrrole nitrogens is 1. The van der Waals surface area contributed by atoms with Gasteiger partial charge in [-0.1, -0.05) is 0 Å². The van der Waals surface area contributed by atoms with Crippen molar-refractivity contribution in [3.05, 3.63) is 66.6 Å². The Morgan fingerprint density at radius 3 is 2.52 bits per heavy atom. The highest BCUT2D eigenvalue weighted by Gasteiger charge is 2.18. The second-order valence-electron chi connectivity index (χ2n) is 7.95. The molecule has 7 nitrogen and oxygen atoms in total. The zero-order valence-corrected chi connectivity index (χ0v) is 18.3. The minimum Gasteiger partial charge on any atom is -0.496 e. The maximum absolute atomic E-state index is 13.3. The average Bonchev–Trinajstić information content (AvgIpc) is 3.35. The number of nitrogens with one attached hydrogen (secondary N) is 2. The van der Waals surface area contributed by atoms with E-state index >= 15 is 0 Å². The Kier molecular flexibility index (Phi) is 5.66. The number of pyridine rings is 1. The topological polar surface area (TPSA) is 92.1 Å². The number of nitrogens with two attached hydrogens (primary N) is 1. The van der Waals surface area contributed by atoms with Crippen LogP contribution in [0.4, 0.5) is 15.9 Å². The summed E-state index contributed by atoms with van der Waals surface area (Å²) in [6.07, 6.45) is 1.76. The van der Waals surface area contributed by atoms with Gasteiger partial charge in [0.1, 0.15) is 17.4 Å². The number of piperazine rings is 1. The first-order valence-electron chi connectivity index (χ1n) is 10.8. The van der Waals surface area contributed by atoms with Crippen LogP contribution >= 0.6 is 0 Å². The summed E-state index contributed by atoms with van der Waals surface area (Å²) in [5, 5.41) is 10.9. The predicted molar refractivity (Wildman–Crippen MR) is 129 cm³/mol. The molecule has 2 aromatic heterocycles. The molecule has 8 heteroatoms. The molecule has 0 radical (unpaired) electrons. The lowest BCUT2D eigenvalue weighted by molar-refractivity contribution is 0.416. The zero-order chi connectivity index (χ0) is 22.8. The first kappa shape index (κ1) is 21.0. The van der Waals surface area contributed by atoms with E-state index in [4.69, 9.17) is 10.5 Å². The second-order valence-corrected chi connectivity index (χ2v) is 7.95. The maximum atomic E-state index is 13.3. The van der Waals surface area contributed by atoms with Crippen LogP contribution in [-0.2, 0) is 0 Å². The van der Waals surface area contributed by atoms with Gasteiger partial charge in [0.05, 0.1) is 18.5 Å². The molecule has 0 aliphatic carbocycles. The number of rotatable bonds is 5. The van der Waals surface area contributed by atoms with Gasteiger partial charge in [-0.05, 0) is 48.5 Å². The van der Waals surface area contributed by atoms with Crippen molar-refractivity contribution in [2.24, 2.45) is 0 Å². The highest BCUT2D eigenvalue weighted by atomic mass is 19.1. The summed E-state index contributed by atoms with van der Waals surface area (Å²) in [6, 6.07) is 16.2. The van der Waals surface area contributed by atoms with E-state index in [1.54, 1.807) is 25.4 Å². The SMILES string of the molecule is COc1cc(N2CCNCC2)ccc1-c1cnc(N)cc1-c1cc(-c2ccc(F)cc2)n[nH]1. The molecule has 168 valence electrons. The molecule has 1 fully saturated rings. The van der Waals surface area contributed by atoms with Crippen molar-refractivity contribution in [2.75, 3.05) is 43.9 Å². The molecule has 1 aliphatic rings. The Morgan fingerprint density at radius 2 is 1.76 bits per heavy atom. The van der Waals surface area contributed by atoms with Gasteiger partial charge in [-0.25, -0.2) is 9.37 Å². The number of hydrogen-bond acceptors (Lipinski definition) is 6. The summed E-state index contributed by atoms with van der Waals surface area (Å²) in [6.45, 7) is 3.84. The molecule has 3 heterocycles. The summed E-state index contributed by atoms with van der Waals surface area (Å²) in [4.78, 5) is 6.67. The molecule has 0 saturated carbocycles. The lowest BCUT2D eigenvalue weighted by Crippen LogP contribution is -2.43. The lowest BCUT2D eigenvalue weighted by Gasteiger charge is -2.30. The Bertz CT molecular complexity index is 1260. The summed E-state index contributed by atoms with van der Waals surface area (Å²) in [5.41, 5.74) is 12.1. The minimum absolute atomic E-state index is 0.282. The van der Waals surface area contributed by atoms with Crippen LogP contribution in [0.25, 0.3) is 33.6 Å². The number of ether oxygens (including phenoxy) is 1. The Morgan fingerprint density at radius 1 is 0.970 bits per heavy atom. The highest BCUT2D eigenvalue weighted by molar-refractivity contribution is 5.87. The number of aromatic amines is 1. The normalized spacial score (nSPS) is 13.8. The van der Waals surface area contributed by atoms with Gasteiger partial charge in [-0.3, -0.25) is 5.10 Å². The van der Waals surface area contributed by atoms with E-state index in [0.717, 1.165) is 65.6 Å². The molecule has 0 bridgehead atoms. The van der Waals surface area contributed by atoms with Crippen molar-refractivity contribution in [1.82, 2.24) is 20.5 Å². The fourth-order valence-corrected chi connectivity index (χ4v) is 4.16. The lowest BCUT2D eigenvalue weighted by atomic mass is 9.97. The van der Waals surface area contributed by atoms with E-state index < -0.39 is 0 Å². The number of methoxy groups -OCH3 is 1. The summed E-state index contributed by atoms with van der Waals surface area (Å²) in [7, 11) is 1.67. The standard InChI is InChI=1S/C25H25FN6O/c1-33-24-12-18(32-10-8-28-9-11-32)6-7-19(24)21-15-29-25(27)13-20(21)23-14-22(30-31-23)16-2-4-17(26)5-3-16/h2-7,12-15,28H,8-11H2,1H3,(H2,27,29)(H,30,31). The van der Waals surface area contributed by atoms with Gasteiger partial charge in [0.25, 0.3) is 0 Å². The van der Waals surface area contributed by atoms with Gasteiger partial charge in [0, 0.05) is 66.4 Å². The van der Waals surface area contributed by atoms with Crippen LogP contribution in [0.1, 0.15) is 0 Å². The van der Waals surface area contributed by atoms with Crippen LogP contribution in [0.3, 0.4) is 0 Å². The summed E-state index contributed by atoms with van der Waals surface area (Å²) < 4.78 is 19.1. The van der Waals surface area contributed by atoms with E-state index in [-0.39, 0.29) is 5.82 Å². The van der Waals surface area contributed by atoms with E-state index in [1.807, 2.05) is 12.1 Å². The molecule has 4 aromatic rings. The number of hydrogen-bond donors (Lipinski definition) is 3. The van der Waals surface area contributed by atoms with Gasteiger partial charge in [0.15, 0.2) is 0 Å². The molecule has 0 amide bonds. The van der Waals surface area contributed by atoms with Gasteiger partial charge in [0.2, 0.25) is 0 Å². The zero-order valence-electron chi connectivity index (χ0n) is 18.3. The fraction of sp³-hybridized carbons (Fsp3) is 0.200. The number of nitrogen functional groups attached to an aromatic ring is 1. The van der Waals surface area contributed by atoms with Crippen LogP contribution in [0, 0.1) is 5.82 Å². The highest BCUT2D eigenvalue weighted by Crippen LogP contribution is 2.39. The van der Waals surface area contributed by atoms with Crippen molar-refractivity contribution in [3.63, 3.8) is 0 Å². The molecule has 1 saturated heterocycles. The van der Waals surface area contributed by atoms with Crippen LogP contribution < -0.4 is 20.7 Å². The van der Waals surface area contributed by atoms with Gasteiger partial charge >= 0.3 is 0 Å². The Balaban J connectivity index is 1.55. The van der Waals surface area contributed by atoms with E-state index in [0.29, 0.717) is 11.5 Å². The number of nitrogens with zero attached hydrogens (tertiary/aromatic N) is 3. The molecule has 1 aliphatic heterocycles. The summed E-state index contributed by atoms with van der Waals surface area (Å²) in [5.74, 6) is 0.885. The molecule has 4 N–H and O–H groups in total. The molecule has 33 heavy (non-hydrogen) atoms. The van der Waals surface area contributed by atoms with Crippen LogP contribution in [0.2, 0.25) is 0 Å². The van der Waals surface area contributed by atoms with E-state index in [1.165, 1.54) is 12.1 Å². The number of benzene rings is 2. The third-order valence-corrected chi connectivity index (χ3v) is 5.89. The average molecular weight is 445 g/mol. The second kappa shape index (κ2) is 8.91. The van der Waals surface area contributed by atoms with Crippen molar-refractivity contribution in [1.29, 1.82) is 0 Å². The van der Waals surface area contributed by atoms with Gasteiger partial charge in [-0.2, -0.15) is 5.10 Å². The number of aromatic nitrogens is 3. The Labute approximate surface area is 191 Å².